The maximum absolute atomic E-state index is 6.09. The van der Waals surface area contributed by atoms with Gasteiger partial charge in [0.05, 0.1) is 0 Å². The van der Waals surface area contributed by atoms with Crippen molar-refractivity contribution in [3.63, 3.8) is 0 Å². The summed E-state index contributed by atoms with van der Waals surface area (Å²) in [6.07, 6.45) is 4.88. The molecule has 0 bridgehead atoms. The van der Waals surface area contributed by atoms with E-state index in [1.54, 1.807) is 42.7 Å². The van der Waals surface area contributed by atoms with Crippen molar-refractivity contribution < 1.29 is 26.6 Å². The smallest absolute Gasteiger partial charge is 0.377 e. The summed E-state index contributed by atoms with van der Waals surface area (Å²) in [5.41, 5.74) is 12.0. The Bertz CT molecular complexity index is 715. The van der Waals surface area contributed by atoms with Crippen molar-refractivity contribution in [3.05, 3.63) is 0 Å². The molecule has 0 aliphatic carbocycles. The van der Waals surface area contributed by atoms with Crippen LogP contribution in [0.3, 0.4) is 0 Å². The van der Waals surface area contributed by atoms with E-state index in [0.717, 1.165) is 38.5 Å². The van der Waals surface area contributed by atoms with Crippen molar-refractivity contribution in [1.82, 2.24) is 15.0 Å². The number of rotatable bonds is 19. The number of nitrogens with zero attached hydrogens (tertiary/aromatic N) is 4. The minimum atomic E-state index is -3.11. The van der Waals surface area contributed by atoms with E-state index >= 15 is 0 Å². The fraction of sp³-hybridized carbons (Fsp3) is 0.870. The van der Waals surface area contributed by atoms with Crippen LogP contribution < -0.4 is 16.4 Å². The number of hydrogen-bond acceptors (Lipinski definition) is 12. The van der Waals surface area contributed by atoms with Crippen molar-refractivity contribution in [2.45, 2.75) is 89.4 Å². The molecule has 0 aliphatic heterocycles. The van der Waals surface area contributed by atoms with Crippen LogP contribution in [-0.2, 0) is 26.6 Å². The lowest BCUT2D eigenvalue weighted by Crippen LogP contribution is -2.61. The van der Waals surface area contributed by atoms with Gasteiger partial charge in [-0.15, -0.1) is 0 Å². The van der Waals surface area contributed by atoms with Gasteiger partial charge in [-0.1, -0.05) is 40.5 Å². The zero-order chi connectivity index (χ0) is 28.2. The average molecular weight is 563 g/mol. The van der Waals surface area contributed by atoms with Crippen LogP contribution >= 0.6 is 0 Å². The highest BCUT2D eigenvalue weighted by atomic mass is 28.4. The van der Waals surface area contributed by atoms with Crippen LogP contribution in [0, 0.1) is 0 Å². The Hall–Kier alpha value is -1.40. The van der Waals surface area contributed by atoms with Crippen LogP contribution in [0.15, 0.2) is 0 Å². The molecule has 0 saturated heterocycles. The third-order valence-corrected chi connectivity index (χ3v) is 14.0. The molecule has 1 aromatic rings. The fourth-order valence-corrected chi connectivity index (χ4v) is 11.1. The number of anilines is 3. The molecule has 0 aromatic carbocycles. The van der Waals surface area contributed by atoms with Crippen molar-refractivity contribution in [2.75, 3.05) is 59.0 Å². The minimum Gasteiger partial charge on any atom is -0.377 e. The van der Waals surface area contributed by atoms with Gasteiger partial charge in [-0.3, -0.25) is 0 Å². The maximum Gasteiger partial charge on any atom is 0.505 e. The van der Waals surface area contributed by atoms with Crippen molar-refractivity contribution >= 4 is 35.5 Å². The molecule has 14 heteroatoms. The standard InChI is InChI=1S/C23H50N6O6Si2/c1-11-15-17(19(13-3)36(30-5,31-6)32-7)29(23-27-21(24)26-22(25)28-23)18(16-12-2)20(14-4)37(33-8,34-9)35-10/h17-20H,11-16H2,1-10H3,(H4,24,25,26,27,28). The molecule has 0 amide bonds. The summed E-state index contributed by atoms with van der Waals surface area (Å²) in [5, 5.41) is 0. The van der Waals surface area contributed by atoms with E-state index < -0.39 is 17.6 Å². The Kier molecular flexibility index (Phi) is 14.4. The number of nitrogens with two attached hydrogens (primary N) is 2. The predicted octanol–water partition coefficient (Wildman–Crippen LogP) is 3.50. The first-order valence-electron chi connectivity index (χ1n) is 13.0. The number of hydrogen-bond donors (Lipinski definition) is 2. The van der Waals surface area contributed by atoms with Crippen LogP contribution in [0.25, 0.3) is 0 Å². The molecule has 4 atom stereocenters. The van der Waals surface area contributed by atoms with Crippen LogP contribution in [0.5, 0.6) is 0 Å². The predicted molar refractivity (Wildman–Crippen MR) is 150 cm³/mol. The maximum atomic E-state index is 6.09. The SMILES string of the molecule is CCCC(C(CC)[Si](OC)(OC)OC)N(c1nc(N)nc(N)n1)C(CCC)C(CC)[Si](OC)(OC)OC. The first kappa shape index (κ1) is 33.6. The topological polar surface area (TPSA) is 149 Å². The van der Waals surface area contributed by atoms with Crippen molar-refractivity contribution in [1.29, 1.82) is 0 Å². The summed E-state index contributed by atoms with van der Waals surface area (Å²) in [6, 6.07) is -0.267. The van der Waals surface area contributed by atoms with Crippen LogP contribution in [0.2, 0.25) is 11.1 Å². The zero-order valence-corrected chi connectivity index (χ0v) is 26.4. The molecule has 1 heterocycles. The summed E-state index contributed by atoms with van der Waals surface area (Å²) < 4.78 is 36.0. The van der Waals surface area contributed by atoms with Crippen molar-refractivity contribution in [3.8, 4) is 0 Å². The molecule has 0 aliphatic rings. The van der Waals surface area contributed by atoms with Gasteiger partial charge in [-0.2, -0.15) is 15.0 Å². The Morgan fingerprint density at radius 1 is 0.622 bits per heavy atom. The summed E-state index contributed by atoms with van der Waals surface area (Å²) >= 11 is 0. The van der Waals surface area contributed by atoms with Gasteiger partial charge in [0, 0.05) is 65.8 Å². The quantitative estimate of drug-likeness (QED) is 0.238. The first-order valence-corrected chi connectivity index (χ1v) is 16.6. The summed E-state index contributed by atoms with van der Waals surface area (Å²) in [4.78, 5) is 15.4. The van der Waals surface area contributed by atoms with Gasteiger partial charge in [0.15, 0.2) is 0 Å². The van der Waals surface area contributed by atoms with Gasteiger partial charge in [0.2, 0.25) is 17.8 Å². The largest absolute Gasteiger partial charge is 0.505 e. The molecule has 12 nitrogen and oxygen atoms in total. The molecular weight excluding hydrogens is 512 g/mol. The molecule has 1 aromatic heterocycles. The minimum absolute atomic E-state index is 0.0570. The third kappa shape index (κ3) is 7.38. The molecule has 4 N–H and O–H groups in total. The second kappa shape index (κ2) is 15.9. The molecule has 0 spiro atoms. The second-order valence-electron chi connectivity index (χ2n) is 8.93. The molecule has 216 valence electrons. The van der Waals surface area contributed by atoms with E-state index in [1.807, 2.05) is 0 Å². The lowest BCUT2D eigenvalue weighted by Gasteiger charge is -2.49. The van der Waals surface area contributed by atoms with Gasteiger partial charge in [-0.25, -0.2) is 0 Å². The van der Waals surface area contributed by atoms with E-state index in [-0.39, 0.29) is 35.1 Å². The lowest BCUT2D eigenvalue weighted by molar-refractivity contribution is 0.0978. The summed E-state index contributed by atoms with van der Waals surface area (Å²) in [5.74, 6) is 0.513. The molecule has 0 fully saturated rings. The fourth-order valence-electron chi connectivity index (χ4n) is 5.64. The monoisotopic (exact) mass is 562 g/mol. The molecule has 37 heavy (non-hydrogen) atoms. The molecule has 0 saturated carbocycles. The van der Waals surface area contributed by atoms with E-state index in [1.165, 1.54) is 0 Å². The summed E-state index contributed by atoms with van der Waals surface area (Å²) in [7, 11) is 3.64. The van der Waals surface area contributed by atoms with Gasteiger partial charge in [-0.05, 0) is 25.7 Å². The van der Waals surface area contributed by atoms with E-state index in [2.05, 4.69) is 47.5 Å². The summed E-state index contributed by atoms with van der Waals surface area (Å²) in [6.45, 7) is 8.53. The van der Waals surface area contributed by atoms with E-state index in [4.69, 9.17) is 38.0 Å². The van der Waals surface area contributed by atoms with Crippen LogP contribution in [0.4, 0.5) is 17.8 Å². The van der Waals surface area contributed by atoms with Gasteiger partial charge in [0.1, 0.15) is 0 Å². The average Bonchev–Trinajstić information content (AvgIpc) is 2.89. The highest BCUT2D eigenvalue weighted by Gasteiger charge is 2.56. The molecule has 0 radical (unpaired) electrons. The highest BCUT2D eigenvalue weighted by molar-refractivity contribution is 6.63. The Morgan fingerprint density at radius 3 is 1.19 bits per heavy atom. The number of aromatic nitrogens is 3. The van der Waals surface area contributed by atoms with Gasteiger partial charge in [0.25, 0.3) is 0 Å². The highest BCUT2D eigenvalue weighted by Crippen LogP contribution is 2.43. The Morgan fingerprint density at radius 2 is 0.946 bits per heavy atom. The first-order chi connectivity index (χ1) is 17.7. The lowest BCUT2D eigenvalue weighted by atomic mass is 9.97. The third-order valence-electron chi connectivity index (χ3n) is 7.20. The second-order valence-corrected chi connectivity index (χ2v) is 15.3. The number of nitrogen functional groups attached to an aromatic ring is 2. The zero-order valence-electron chi connectivity index (χ0n) is 24.4. The van der Waals surface area contributed by atoms with Crippen LogP contribution in [-0.4, -0.2) is 87.3 Å². The molecular formula is C23H50N6O6Si2. The van der Waals surface area contributed by atoms with Crippen LogP contribution in [0.1, 0.15) is 66.2 Å². The molecule has 1 rings (SSSR count). The Balaban J connectivity index is 4.05. The van der Waals surface area contributed by atoms with Gasteiger partial charge >= 0.3 is 17.6 Å². The Labute approximate surface area is 225 Å². The van der Waals surface area contributed by atoms with Gasteiger partial charge < -0.3 is 42.9 Å². The van der Waals surface area contributed by atoms with E-state index in [0.29, 0.717) is 5.95 Å². The van der Waals surface area contributed by atoms with E-state index in [9.17, 15) is 0 Å². The van der Waals surface area contributed by atoms with Crippen molar-refractivity contribution in [2.24, 2.45) is 0 Å². The molecule has 4 unspecified atom stereocenters. The normalized spacial score (nSPS) is 15.8.